The molecule has 0 fully saturated rings. The van der Waals surface area contributed by atoms with Crippen LogP contribution in [0.15, 0.2) is 59.4 Å². The minimum Gasteiger partial charge on any atom is -0.325 e. The summed E-state index contributed by atoms with van der Waals surface area (Å²) in [7, 11) is 1.54. The SMILES string of the molecule is CC(=O)Nc1c(C(C)=O)c(=O)n(C)c2nc(-c3ccccc3Cl)c(-c3ccc(Cl)cc3)cc12. The van der Waals surface area contributed by atoms with Crippen molar-refractivity contribution in [2.75, 3.05) is 5.32 Å². The third-order valence-electron chi connectivity index (χ3n) is 5.30. The van der Waals surface area contributed by atoms with Crippen LogP contribution in [0.5, 0.6) is 0 Å². The fourth-order valence-corrected chi connectivity index (χ4v) is 4.14. The van der Waals surface area contributed by atoms with Crippen LogP contribution in [0.2, 0.25) is 10.0 Å². The van der Waals surface area contributed by atoms with Crippen LogP contribution >= 0.6 is 23.2 Å². The summed E-state index contributed by atoms with van der Waals surface area (Å²) in [6, 6.07) is 16.3. The number of aryl methyl sites for hydroxylation is 1. The molecule has 4 rings (SSSR count). The Kier molecular flexibility index (Phi) is 6.06. The molecule has 1 amide bonds. The van der Waals surface area contributed by atoms with Crippen molar-refractivity contribution in [1.29, 1.82) is 0 Å². The van der Waals surface area contributed by atoms with Crippen LogP contribution in [-0.2, 0) is 11.8 Å². The predicted molar refractivity (Wildman–Crippen MR) is 132 cm³/mol. The molecule has 0 radical (unpaired) electrons. The summed E-state index contributed by atoms with van der Waals surface area (Å²) in [5, 5.41) is 4.19. The summed E-state index contributed by atoms with van der Waals surface area (Å²) in [6.45, 7) is 2.61. The molecule has 8 heteroatoms. The first kappa shape index (κ1) is 22.7. The largest absolute Gasteiger partial charge is 0.325 e. The summed E-state index contributed by atoms with van der Waals surface area (Å²) >= 11 is 12.6. The average Bonchev–Trinajstić information content (AvgIpc) is 2.77. The number of nitrogens with zero attached hydrogens (tertiary/aromatic N) is 2. The number of hydrogen-bond donors (Lipinski definition) is 1. The van der Waals surface area contributed by atoms with E-state index in [9.17, 15) is 14.4 Å². The van der Waals surface area contributed by atoms with Crippen molar-refractivity contribution < 1.29 is 9.59 Å². The summed E-state index contributed by atoms with van der Waals surface area (Å²) in [6.07, 6.45) is 0. The first-order chi connectivity index (χ1) is 15.7. The van der Waals surface area contributed by atoms with Gasteiger partial charge in [0.1, 0.15) is 11.2 Å². The molecule has 2 aromatic heterocycles. The maximum Gasteiger partial charge on any atom is 0.264 e. The van der Waals surface area contributed by atoms with Crippen LogP contribution < -0.4 is 10.9 Å². The number of amides is 1. The molecule has 2 heterocycles. The minimum absolute atomic E-state index is 0.102. The Morgan fingerprint density at radius 1 is 0.970 bits per heavy atom. The quantitative estimate of drug-likeness (QED) is 0.378. The Bertz CT molecular complexity index is 1490. The van der Waals surface area contributed by atoms with E-state index in [1.807, 2.05) is 30.3 Å². The Hall–Kier alpha value is -3.48. The lowest BCUT2D eigenvalue weighted by Gasteiger charge is -2.18. The van der Waals surface area contributed by atoms with Crippen LogP contribution in [-0.4, -0.2) is 21.2 Å². The van der Waals surface area contributed by atoms with E-state index < -0.39 is 17.2 Å². The number of carbonyl (C=O) groups excluding carboxylic acids is 2. The lowest BCUT2D eigenvalue weighted by Crippen LogP contribution is -2.27. The normalized spacial score (nSPS) is 10.9. The summed E-state index contributed by atoms with van der Waals surface area (Å²) in [5.74, 6) is -0.861. The molecule has 0 unspecified atom stereocenters. The van der Waals surface area contributed by atoms with Gasteiger partial charge in [-0.3, -0.25) is 19.0 Å². The van der Waals surface area contributed by atoms with Gasteiger partial charge in [0.15, 0.2) is 5.78 Å². The number of carbonyl (C=O) groups is 2. The fourth-order valence-electron chi connectivity index (χ4n) is 3.79. The highest BCUT2D eigenvalue weighted by Crippen LogP contribution is 2.38. The molecule has 4 aromatic rings. The standard InChI is InChI=1S/C25H19Cl2N3O3/c1-13(31)21-23(28-14(2)32)19-12-18(15-8-10-16(26)11-9-15)22(17-6-4-5-7-20(17)27)29-24(19)30(3)25(21)33/h4-12H,1-3H3,(H,28,32). The first-order valence-corrected chi connectivity index (χ1v) is 10.8. The van der Waals surface area contributed by atoms with Crippen LogP contribution in [0.1, 0.15) is 24.2 Å². The number of ketones is 1. The van der Waals surface area contributed by atoms with E-state index in [0.29, 0.717) is 37.9 Å². The van der Waals surface area contributed by atoms with Crippen molar-refractivity contribution in [1.82, 2.24) is 9.55 Å². The number of fused-ring (bicyclic) bond motifs is 1. The van der Waals surface area contributed by atoms with Gasteiger partial charge in [0.25, 0.3) is 5.56 Å². The van der Waals surface area contributed by atoms with Gasteiger partial charge < -0.3 is 5.32 Å². The van der Waals surface area contributed by atoms with Gasteiger partial charge in [-0.25, -0.2) is 4.98 Å². The third-order valence-corrected chi connectivity index (χ3v) is 5.88. The second-order valence-electron chi connectivity index (χ2n) is 7.59. The van der Waals surface area contributed by atoms with Crippen molar-refractivity contribution in [3.05, 3.63) is 80.6 Å². The topological polar surface area (TPSA) is 81.1 Å². The van der Waals surface area contributed by atoms with E-state index in [2.05, 4.69) is 5.32 Å². The number of pyridine rings is 2. The molecule has 1 N–H and O–H groups in total. The van der Waals surface area contributed by atoms with Crippen LogP contribution in [0, 0.1) is 0 Å². The van der Waals surface area contributed by atoms with E-state index in [-0.39, 0.29) is 11.3 Å². The van der Waals surface area contributed by atoms with E-state index in [4.69, 9.17) is 28.2 Å². The molecule has 0 aliphatic carbocycles. The van der Waals surface area contributed by atoms with E-state index in [0.717, 1.165) is 5.56 Å². The zero-order chi connectivity index (χ0) is 23.9. The number of hydrogen-bond acceptors (Lipinski definition) is 4. The van der Waals surface area contributed by atoms with Crippen molar-refractivity contribution in [3.63, 3.8) is 0 Å². The third kappa shape index (κ3) is 4.15. The second kappa shape index (κ2) is 8.81. The monoisotopic (exact) mass is 479 g/mol. The first-order valence-electron chi connectivity index (χ1n) is 10.1. The van der Waals surface area contributed by atoms with Gasteiger partial charge in [0.05, 0.1) is 11.4 Å². The Balaban J connectivity index is 2.20. The number of halogens is 2. The highest BCUT2D eigenvalue weighted by molar-refractivity contribution is 6.33. The van der Waals surface area contributed by atoms with Crippen LogP contribution in [0.4, 0.5) is 5.69 Å². The zero-order valence-electron chi connectivity index (χ0n) is 18.1. The second-order valence-corrected chi connectivity index (χ2v) is 8.44. The van der Waals surface area contributed by atoms with E-state index in [1.54, 1.807) is 31.3 Å². The number of aromatic nitrogens is 2. The van der Waals surface area contributed by atoms with Crippen molar-refractivity contribution >= 4 is 51.6 Å². The highest BCUT2D eigenvalue weighted by Gasteiger charge is 2.23. The molecule has 0 spiro atoms. The highest BCUT2D eigenvalue weighted by atomic mass is 35.5. The molecule has 0 atom stereocenters. The maximum atomic E-state index is 13.0. The zero-order valence-corrected chi connectivity index (χ0v) is 19.6. The summed E-state index contributed by atoms with van der Waals surface area (Å²) in [5.41, 5.74) is 2.53. The lowest BCUT2D eigenvalue weighted by molar-refractivity contribution is -0.114. The van der Waals surface area contributed by atoms with Gasteiger partial charge >= 0.3 is 0 Å². The van der Waals surface area contributed by atoms with Gasteiger partial charge in [0, 0.05) is 40.5 Å². The molecule has 0 bridgehead atoms. The molecule has 0 saturated heterocycles. The Morgan fingerprint density at radius 3 is 2.24 bits per heavy atom. The number of anilines is 1. The number of rotatable bonds is 4. The maximum absolute atomic E-state index is 13.0. The molecule has 0 saturated carbocycles. The van der Waals surface area contributed by atoms with Crippen molar-refractivity contribution in [3.8, 4) is 22.4 Å². The Labute approximate surface area is 199 Å². The van der Waals surface area contributed by atoms with Gasteiger partial charge in [-0.1, -0.05) is 53.5 Å². The van der Waals surface area contributed by atoms with Crippen molar-refractivity contribution in [2.45, 2.75) is 13.8 Å². The fraction of sp³-hybridized carbons (Fsp3) is 0.120. The summed E-state index contributed by atoms with van der Waals surface area (Å²) < 4.78 is 1.31. The van der Waals surface area contributed by atoms with Gasteiger partial charge in [0.2, 0.25) is 5.91 Å². The minimum atomic E-state index is -0.546. The molecule has 2 aromatic carbocycles. The Morgan fingerprint density at radius 2 is 1.64 bits per heavy atom. The molecule has 166 valence electrons. The number of benzene rings is 2. The molecular weight excluding hydrogens is 461 g/mol. The summed E-state index contributed by atoms with van der Waals surface area (Å²) in [4.78, 5) is 42.2. The number of Topliss-reactive ketones (excluding diaryl/α,β-unsaturated/α-hetero) is 1. The predicted octanol–water partition coefficient (Wildman–Crippen LogP) is 5.74. The molecule has 0 aliphatic heterocycles. The molecular formula is C25H19Cl2N3O3. The molecule has 0 aliphatic rings. The van der Waals surface area contributed by atoms with Gasteiger partial charge in [-0.15, -0.1) is 0 Å². The average molecular weight is 480 g/mol. The van der Waals surface area contributed by atoms with E-state index in [1.165, 1.54) is 18.4 Å². The number of nitrogens with one attached hydrogen (secondary N) is 1. The van der Waals surface area contributed by atoms with Crippen LogP contribution in [0.25, 0.3) is 33.4 Å². The van der Waals surface area contributed by atoms with Gasteiger partial charge in [-0.2, -0.15) is 0 Å². The van der Waals surface area contributed by atoms with Crippen molar-refractivity contribution in [2.24, 2.45) is 7.05 Å². The molecule has 6 nitrogen and oxygen atoms in total. The lowest BCUT2D eigenvalue weighted by atomic mass is 9.96. The smallest absolute Gasteiger partial charge is 0.264 e. The van der Waals surface area contributed by atoms with Crippen LogP contribution in [0.3, 0.4) is 0 Å². The van der Waals surface area contributed by atoms with E-state index >= 15 is 0 Å². The van der Waals surface area contributed by atoms with Gasteiger partial charge in [-0.05, 0) is 36.8 Å². The molecule has 33 heavy (non-hydrogen) atoms.